The van der Waals surface area contributed by atoms with E-state index >= 15 is 0 Å². The maximum Gasteiger partial charge on any atom is 0.192 e. The topological polar surface area (TPSA) is 27.5 Å². The van der Waals surface area contributed by atoms with Gasteiger partial charge in [0.1, 0.15) is 0 Å². The van der Waals surface area contributed by atoms with E-state index in [1.165, 1.54) is 32.5 Å². The molecule has 0 unspecified atom stereocenters. The second kappa shape index (κ2) is 10.4. The smallest absolute Gasteiger partial charge is 0.192 e. The number of nitrogens with zero attached hydrogens (tertiary/aromatic N) is 5. The minimum absolute atomic E-state index is 0. The first kappa shape index (κ1) is 27.0. The molecule has 7 heteroatoms. The molecule has 5 nitrogen and oxygen atoms in total. The van der Waals surface area contributed by atoms with Crippen LogP contribution >= 0.6 is 11.3 Å². The number of hydrogen-bond donors (Lipinski definition) is 0. The fourth-order valence-electron chi connectivity index (χ4n) is 5.90. The largest absolute Gasteiger partial charge is 0.510 e. The molecule has 0 saturated carbocycles. The van der Waals surface area contributed by atoms with E-state index < -0.39 is 0 Å². The maximum absolute atomic E-state index is 4.88. The van der Waals surface area contributed by atoms with Gasteiger partial charge in [0, 0.05) is 43.3 Å². The first-order valence-corrected chi connectivity index (χ1v) is 14.8. The molecule has 0 spiro atoms. The summed E-state index contributed by atoms with van der Waals surface area (Å²) in [5.41, 5.74) is 8.95. The third-order valence-electron chi connectivity index (χ3n) is 7.96. The molecule has 2 aliphatic rings. The number of hydrogen-bond acceptors (Lipinski definition) is 5. The summed E-state index contributed by atoms with van der Waals surface area (Å²) in [7, 11) is 2.04. The molecule has 6 aromatic rings. The van der Waals surface area contributed by atoms with Crippen molar-refractivity contribution in [3.05, 3.63) is 126 Å². The molecule has 0 atom stereocenters. The molecule has 0 aliphatic carbocycles. The normalized spacial score (nSPS) is 14.1. The summed E-state index contributed by atoms with van der Waals surface area (Å²) in [6.07, 6.45) is 7.00. The van der Waals surface area contributed by atoms with E-state index in [0.717, 1.165) is 39.6 Å². The number of para-hydroxylation sites is 2. The fourth-order valence-corrected chi connectivity index (χ4v) is 6.84. The molecule has 0 N–H and O–H groups in total. The summed E-state index contributed by atoms with van der Waals surface area (Å²) in [5.74, 6) is 0.433. The molecular formula is C35H28N5PtS-3. The average molecular weight is 746 g/mol. The van der Waals surface area contributed by atoms with Crippen LogP contribution in [0.4, 0.5) is 22.7 Å². The zero-order valence-electron chi connectivity index (χ0n) is 23.5. The van der Waals surface area contributed by atoms with Crippen molar-refractivity contribution < 1.29 is 21.1 Å². The van der Waals surface area contributed by atoms with Crippen molar-refractivity contribution in [1.82, 2.24) is 14.5 Å². The molecule has 4 aromatic carbocycles. The first-order chi connectivity index (χ1) is 20.0. The van der Waals surface area contributed by atoms with Crippen LogP contribution in [0.5, 0.6) is 0 Å². The Bertz CT molecular complexity index is 1990. The predicted molar refractivity (Wildman–Crippen MR) is 169 cm³/mol. The number of fused-ring (bicyclic) bond motifs is 5. The van der Waals surface area contributed by atoms with Gasteiger partial charge in [-0.3, -0.25) is 0 Å². The van der Waals surface area contributed by atoms with Crippen LogP contribution in [0, 0.1) is 18.8 Å². The average Bonchev–Trinajstić information content (AvgIpc) is 3.72. The molecule has 42 heavy (non-hydrogen) atoms. The van der Waals surface area contributed by atoms with Gasteiger partial charge in [-0.25, -0.2) is 4.98 Å². The molecule has 4 heterocycles. The van der Waals surface area contributed by atoms with Crippen LogP contribution < -0.4 is 9.80 Å². The van der Waals surface area contributed by atoms with Crippen LogP contribution in [-0.4, -0.2) is 21.5 Å². The van der Waals surface area contributed by atoms with Gasteiger partial charge in [-0.05, 0) is 54.9 Å². The van der Waals surface area contributed by atoms with Gasteiger partial charge in [0.25, 0.3) is 0 Å². The Labute approximate surface area is 264 Å². The number of aromatic nitrogens is 2. The van der Waals surface area contributed by atoms with Crippen LogP contribution in [0.3, 0.4) is 0 Å². The van der Waals surface area contributed by atoms with Crippen molar-refractivity contribution in [2.24, 2.45) is 0 Å². The number of rotatable bonds is 4. The molecule has 8 rings (SSSR count). The zero-order valence-corrected chi connectivity index (χ0v) is 26.6. The van der Waals surface area contributed by atoms with Gasteiger partial charge in [-0.1, -0.05) is 67.1 Å². The molecular weight excluding hydrogens is 718 g/mol. The Morgan fingerprint density at radius 2 is 1.67 bits per heavy atom. The Balaban J connectivity index is 0.00000288. The zero-order chi connectivity index (χ0) is 27.7. The Morgan fingerprint density at radius 3 is 2.48 bits per heavy atom. The molecule has 0 radical (unpaired) electrons. The van der Waals surface area contributed by atoms with E-state index in [0.29, 0.717) is 5.92 Å². The third-order valence-corrected chi connectivity index (χ3v) is 9.24. The molecule has 0 amide bonds. The second-order valence-electron chi connectivity index (χ2n) is 11.0. The monoisotopic (exact) mass is 745 g/mol. The second-order valence-corrected chi connectivity index (χ2v) is 12.0. The van der Waals surface area contributed by atoms with Crippen LogP contribution in [0.1, 0.15) is 35.8 Å². The van der Waals surface area contributed by atoms with Crippen molar-refractivity contribution >= 4 is 55.9 Å². The van der Waals surface area contributed by atoms with E-state index in [1.807, 2.05) is 24.3 Å². The van der Waals surface area contributed by atoms with E-state index in [-0.39, 0.29) is 21.1 Å². The maximum atomic E-state index is 4.88. The third kappa shape index (κ3) is 4.28. The minimum Gasteiger partial charge on any atom is -0.510 e. The molecule has 0 bridgehead atoms. The first-order valence-electron chi connectivity index (χ1n) is 13.9. The summed E-state index contributed by atoms with van der Waals surface area (Å²) in [6, 6.07) is 33.7. The van der Waals surface area contributed by atoms with Crippen molar-refractivity contribution in [2.45, 2.75) is 26.2 Å². The van der Waals surface area contributed by atoms with Crippen LogP contribution in [0.15, 0.2) is 91.4 Å². The molecule has 0 fully saturated rings. The summed E-state index contributed by atoms with van der Waals surface area (Å²) in [5, 5.41) is 3.36. The Morgan fingerprint density at radius 1 is 0.857 bits per heavy atom. The van der Waals surface area contributed by atoms with Gasteiger partial charge in [-0.15, -0.1) is 52.2 Å². The van der Waals surface area contributed by atoms with Gasteiger partial charge in [0.15, 0.2) is 5.13 Å². The Kier molecular flexibility index (Phi) is 6.72. The number of benzene rings is 4. The van der Waals surface area contributed by atoms with Gasteiger partial charge in [0.05, 0.1) is 0 Å². The quantitative estimate of drug-likeness (QED) is 0.169. The Hall–Kier alpha value is -3.86. The fraction of sp³-hybridized carbons (Fsp3) is 0.143. The van der Waals surface area contributed by atoms with Crippen molar-refractivity contribution in [2.75, 3.05) is 16.8 Å². The molecule has 0 saturated heterocycles. The summed E-state index contributed by atoms with van der Waals surface area (Å²) in [4.78, 5) is 12.6. The van der Waals surface area contributed by atoms with Crippen molar-refractivity contribution in [1.29, 1.82) is 0 Å². The van der Waals surface area contributed by atoms with E-state index in [2.05, 4.69) is 126 Å². The summed E-state index contributed by atoms with van der Waals surface area (Å²) in [6.45, 7) is 6.50. The van der Waals surface area contributed by atoms with Gasteiger partial charge < -0.3 is 19.3 Å². The summed E-state index contributed by atoms with van der Waals surface area (Å²) < 4.78 is 2.28. The van der Waals surface area contributed by atoms with Crippen molar-refractivity contribution in [3.63, 3.8) is 0 Å². The van der Waals surface area contributed by atoms with Gasteiger partial charge >= 0.3 is 0 Å². The van der Waals surface area contributed by atoms with Crippen LogP contribution in [0.2, 0.25) is 0 Å². The molecule has 2 aliphatic heterocycles. The summed E-state index contributed by atoms with van der Waals surface area (Å²) >= 11 is 1.76. The van der Waals surface area contributed by atoms with E-state index in [4.69, 9.17) is 4.98 Å². The van der Waals surface area contributed by atoms with Crippen LogP contribution in [0.25, 0.3) is 26.9 Å². The van der Waals surface area contributed by atoms with Gasteiger partial charge in [-0.2, -0.15) is 18.8 Å². The number of anilines is 4. The predicted octanol–water partition coefficient (Wildman–Crippen LogP) is 8.68. The SMILES string of the molecule is CC(C)c1cnc(-n2c3[c-]c(N4c5[c-]c(N6C=CN(C)[CH-]6)ccc5Cc5ccccc54)ccc3c3ccccc32)s1.[Pt]. The molecule has 212 valence electrons. The standard InChI is InChI=1S/C35H28N5S.Pt/c1-23(2)34-21-36-35(41-34)40-31-11-7-5-9-28(31)29-15-14-27(20-33(29)40)39-30-10-6-4-8-24(30)18-25-12-13-26(19-32(25)39)38-17-16-37(3)22-38;/h4-17,21-23H,18H2,1-3H3;/q-3;. The van der Waals surface area contributed by atoms with Gasteiger partial charge in [0.2, 0.25) is 0 Å². The van der Waals surface area contributed by atoms with Crippen molar-refractivity contribution in [3.8, 4) is 5.13 Å². The van der Waals surface area contributed by atoms with E-state index in [1.54, 1.807) is 11.3 Å². The van der Waals surface area contributed by atoms with E-state index in [9.17, 15) is 0 Å². The number of thiazole rings is 1. The molecule has 2 aromatic heterocycles. The minimum atomic E-state index is 0. The van der Waals surface area contributed by atoms with Crippen LogP contribution in [-0.2, 0) is 27.5 Å².